The minimum Gasteiger partial charge on any atom is -0.711 e. The van der Waals surface area contributed by atoms with Crippen LogP contribution in [0.2, 0.25) is 0 Å². The molecular formula is C20H24N4O5. The van der Waals surface area contributed by atoms with Crippen LogP contribution in [0, 0.1) is 25.0 Å². The summed E-state index contributed by atoms with van der Waals surface area (Å²) in [5.74, 6) is -2.55. The molecule has 3 rings (SSSR count). The van der Waals surface area contributed by atoms with Crippen molar-refractivity contribution in [1.82, 2.24) is 14.4 Å². The SMILES string of the molecule is COc1ccc([C@@H](c2n(C)c(C)c(C)[n+]2[O-])C2C(=O)N(C)C(=O)N(C)C2=O)cc1. The number of barbiturate groups is 1. The Morgan fingerprint density at radius 1 is 1.00 bits per heavy atom. The quantitative estimate of drug-likeness (QED) is 0.435. The maximum atomic E-state index is 13.0. The standard InChI is InChI=1S/C20H24N4O5/c1-11-12(2)24(28)17(21(11)3)15(13-7-9-14(29-6)10-8-13)16-18(25)22(4)20(27)23(5)19(16)26/h7-10,15-16H,1-6H3/t15-/m1/s1. The lowest BCUT2D eigenvalue weighted by molar-refractivity contribution is -0.621. The maximum absolute atomic E-state index is 13.0. The first-order chi connectivity index (χ1) is 13.6. The van der Waals surface area contributed by atoms with Crippen molar-refractivity contribution in [2.24, 2.45) is 13.0 Å². The molecule has 1 fully saturated rings. The fourth-order valence-electron chi connectivity index (χ4n) is 3.73. The summed E-state index contributed by atoms with van der Waals surface area (Å²) >= 11 is 0. The van der Waals surface area contributed by atoms with E-state index in [0.29, 0.717) is 17.0 Å². The molecule has 0 unspecified atom stereocenters. The molecule has 1 aromatic heterocycles. The van der Waals surface area contributed by atoms with E-state index in [1.54, 1.807) is 49.7 Å². The Bertz CT molecular complexity index is 946. The number of carbonyl (C=O) groups excluding carboxylic acids is 3. The van der Waals surface area contributed by atoms with Gasteiger partial charge in [0.1, 0.15) is 29.0 Å². The van der Waals surface area contributed by atoms with Gasteiger partial charge in [0.05, 0.1) is 14.2 Å². The van der Waals surface area contributed by atoms with Gasteiger partial charge in [-0.3, -0.25) is 19.4 Å². The molecule has 0 saturated carbocycles. The average molecular weight is 400 g/mol. The molecule has 1 atom stereocenters. The van der Waals surface area contributed by atoms with Gasteiger partial charge in [0, 0.05) is 27.9 Å². The maximum Gasteiger partial charge on any atom is 0.332 e. The summed E-state index contributed by atoms with van der Waals surface area (Å²) in [6.07, 6.45) is 0. The Hall–Kier alpha value is -3.36. The second kappa shape index (κ2) is 7.23. The molecule has 9 heteroatoms. The van der Waals surface area contributed by atoms with Gasteiger partial charge in [-0.1, -0.05) is 12.1 Å². The number of benzene rings is 1. The zero-order valence-corrected chi connectivity index (χ0v) is 17.3. The molecule has 1 aliphatic rings. The fraction of sp³-hybridized carbons (Fsp3) is 0.400. The molecule has 2 aromatic rings. The highest BCUT2D eigenvalue weighted by molar-refractivity contribution is 6.16. The second-order valence-electron chi connectivity index (χ2n) is 7.19. The molecule has 9 nitrogen and oxygen atoms in total. The minimum absolute atomic E-state index is 0.257. The summed E-state index contributed by atoms with van der Waals surface area (Å²) in [5.41, 5.74) is 1.80. The highest BCUT2D eigenvalue weighted by Gasteiger charge is 2.51. The third kappa shape index (κ3) is 3.02. The normalized spacial score (nSPS) is 16.6. The lowest BCUT2D eigenvalue weighted by Crippen LogP contribution is -2.59. The molecule has 29 heavy (non-hydrogen) atoms. The zero-order valence-electron chi connectivity index (χ0n) is 17.3. The highest BCUT2D eigenvalue weighted by Crippen LogP contribution is 2.36. The third-order valence-corrected chi connectivity index (χ3v) is 5.74. The molecule has 1 aliphatic heterocycles. The Kier molecular flexibility index (Phi) is 5.08. The third-order valence-electron chi connectivity index (χ3n) is 5.74. The van der Waals surface area contributed by atoms with Crippen molar-refractivity contribution in [3.63, 3.8) is 0 Å². The molecule has 0 aliphatic carbocycles. The van der Waals surface area contributed by atoms with Crippen molar-refractivity contribution in [1.29, 1.82) is 0 Å². The molecule has 0 bridgehead atoms. The van der Waals surface area contributed by atoms with Gasteiger partial charge < -0.3 is 9.94 Å². The predicted octanol–water partition coefficient (Wildman–Crippen LogP) is 1.08. The monoisotopic (exact) mass is 400 g/mol. The number of imide groups is 2. The minimum atomic E-state index is -1.25. The van der Waals surface area contributed by atoms with Crippen molar-refractivity contribution in [3.8, 4) is 5.75 Å². The highest BCUT2D eigenvalue weighted by atomic mass is 16.5. The average Bonchev–Trinajstić information content (AvgIpc) is 2.91. The van der Waals surface area contributed by atoms with Crippen molar-refractivity contribution >= 4 is 17.8 Å². The summed E-state index contributed by atoms with van der Waals surface area (Å²) in [6, 6.07) is 6.16. The van der Waals surface area contributed by atoms with Crippen LogP contribution in [0.5, 0.6) is 5.75 Å². The molecule has 4 amide bonds. The number of nitrogens with zero attached hydrogens (tertiary/aromatic N) is 4. The number of carbonyl (C=O) groups is 3. The number of aromatic nitrogens is 2. The number of rotatable bonds is 4. The van der Waals surface area contributed by atoms with Gasteiger partial charge in [-0.15, -0.1) is 0 Å². The summed E-state index contributed by atoms with van der Waals surface area (Å²) in [4.78, 5) is 40.1. The Morgan fingerprint density at radius 2 is 1.52 bits per heavy atom. The van der Waals surface area contributed by atoms with E-state index in [4.69, 9.17) is 4.74 Å². The van der Waals surface area contributed by atoms with Gasteiger partial charge in [0.25, 0.3) is 5.82 Å². The molecule has 154 valence electrons. The first kappa shape index (κ1) is 20.4. The van der Waals surface area contributed by atoms with E-state index >= 15 is 0 Å². The summed E-state index contributed by atoms with van der Waals surface area (Å²) in [7, 11) is 5.92. The first-order valence-corrected chi connectivity index (χ1v) is 9.10. The lowest BCUT2D eigenvalue weighted by Gasteiger charge is -2.35. The molecule has 1 saturated heterocycles. The van der Waals surface area contributed by atoms with Crippen molar-refractivity contribution in [2.45, 2.75) is 19.8 Å². The van der Waals surface area contributed by atoms with Gasteiger partial charge >= 0.3 is 6.03 Å². The van der Waals surface area contributed by atoms with Gasteiger partial charge in [-0.05, 0) is 17.7 Å². The van der Waals surface area contributed by atoms with E-state index in [1.165, 1.54) is 21.2 Å². The topological polar surface area (TPSA) is 98.8 Å². The van der Waals surface area contributed by atoms with E-state index < -0.39 is 29.7 Å². The van der Waals surface area contributed by atoms with Crippen LogP contribution >= 0.6 is 0 Å². The summed E-state index contributed by atoms with van der Waals surface area (Å²) < 4.78 is 7.63. The molecule has 0 radical (unpaired) electrons. The van der Waals surface area contributed by atoms with E-state index in [1.807, 2.05) is 0 Å². The Labute approximate surface area is 168 Å². The van der Waals surface area contributed by atoms with E-state index in [-0.39, 0.29) is 5.82 Å². The molecule has 2 heterocycles. The van der Waals surface area contributed by atoms with Crippen LogP contribution in [0.4, 0.5) is 4.79 Å². The lowest BCUT2D eigenvalue weighted by atomic mass is 9.82. The van der Waals surface area contributed by atoms with Crippen LogP contribution < -0.4 is 9.47 Å². The largest absolute Gasteiger partial charge is 0.711 e. The predicted molar refractivity (Wildman–Crippen MR) is 103 cm³/mol. The number of imidazole rings is 1. The van der Waals surface area contributed by atoms with Crippen LogP contribution in [0.25, 0.3) is 0 Å². The fourth-order valence-corrected chi connectivity index (χ4v) is 3.73. The number of hydrogen-bond acceptors (Lipinski definition) is 5. The zero-order chi connectivity index (χ0) is 21.6. The van der Waals surface area contributed by atoms with Gasteiger partial charge in [-0.2, -0.15) is 0 Å². The van der Waals surface area contributed by atoms with E-state index in [2.05, 4.69) is 0 Å². The van der Waals surface area contributed by atoms with E-state index in [0.717, 1.165) is 20.2 Å². The van der Waals surface area contributed by atoms with Crippen molar-refractivity contribution in [2.75, 3.05) is 21.2 Å². The number of hydrogen-bond donors (Lipinski definition) is 0. The van der Waals surface area contributed by atoms with Gasteiger partial charge in [0.15, 0.2) is 0 Å². The smallest absolute Gasteiger partial charge is 0.332 e. The Balaban J connectivity index is 2.26. The second-order valence-corrected chi connectivity index (χ2v) is 7.19. The van der Waals surface area contributed by atoms with Crippen molar-refractivity contribution < 1.29 is 23.9 Å². The number of amides is 4. The van der Waals surface area contributed by atoms with Crippen LogP contribution in [0.15, 0.2) is 24.3 Å². The van der Waals surface area contributed by atoms with Crippen LogP contribution in [0.3, 0.4) is 0 Å². The van der Waals surface area contributed by atoms with Crippen LogP contribution in [-0.4, -0.2) is 53.4 Å². The molecular weight excluding hydrogens is 376 g/mol. The van der Waals surface area contributed by atoms with Crippen LogP contribution in [0.1, 0.15) is 28.7 Å². The Morgan fingerprint density at radius 3 is 1.93 bits per heavy atom. The van der Waals surface area contributed by atoms with Gasteiger partial charge in [0.2, 0.25) is 11.8 Å². The van der Waals surface area contributed by atoms with Crippen molar-refractivity contribution in [3.05, 3.63) is 52.2 Å². The summed E-state index contributed by atoms with van der Waals surface area (Å²) in [6.45, 7) is 3.48. The van der Waals surface area contributed by atoms with Gasteiger partial charge in [-0.25, -0.2) is 14.1 Å². The number of ether oxygens (including phenoxy) is 1. The van der Waals surface area contributed by atoms with E-state index in [9.17, 15) is 19.6 Å². The molecule has 0 N–H and O–H groups in total. The number of methoxy groups -OCH3 is 1. The van der Waals surface area contributed by atoms with Crippen LogP contribution in [-0.2, 0) is 16.6 Å². The summed E-state index contributed by atoms with van der Waals surface area (Å²) in [5, 5.41) is 13.0. The molecule has 1 aromatic carbocycles. The first-order valence-electron chi connectivity index (χ1n) is 9.10. The molecule has 0 spiro atoms. The number of urea groups is 1.